The Morgan fingerprint density at radius 1 is 1.14 bits per heavy atom. The zero-order chi connectivity index (χ0) is 20.3. The number of aliphatic hydroxyl groups is 3. The summed E-state index contributed by atoms with van der Waals surface area (Å²) in [6, 6.07) is 5.05. The van der Waals surface area contributed by atoms with E-state index in [-0.39, 0.29) is 11.4 Å². The lowest BCUT2D eigenvalue weighted by Gasteiger charge is -2.41. The van der Waals surface area contributed by atoms with Crippen LogP contribution in [0, 0.1) is 16.0 Å². The molecule has 10 nitrogen and oxygen atoms in total. The fourth-order valence-corrected chi connectivity index (χ4v) is 2.86. The Kier molecular flexibility index (Phi) is 6.05. The Hall–Kier alpha value is -2.79. The van der Waals surface area contributed by atoms with Gasteiger partial charge in [-0.2, -0.15) is 0 Å². The molecule has 1 aliphatic heterocycles. The van der Waals surface area contributed by atoms with Crippen LogP contribution < -0.4 is 4.74 Å². The normalized spacial score (nSPS) is 29.6. The monoisotopic (exact) mass is 393 g/mol. The van der Waals surface area contributed by atoms with Crippen LogP contribution in [0.25, 0.3) is 0 Å². The number of allylic oxidation sites excluding steroid dienone is 2. The van der Waals surface area contributed by atoms with Crippen LogP contribution in [-0.2, 0) is 14.3 Å². The summed E-state index contributed by atoms with van der Waals surface area (Å²) in [5, 5.41) is 40.5. The lowest BCUT2D eigenvalue weighted by molar-refractivity contribution is -0.384. The molecule has 0 unspecified atom stereocenters. The molecule has 1 aromatic carbocycles. The molecule has 3 rings (SSSR count). The van der Waals surface area contributed by atoms with E-state index in [0.29, 0.717) is 0 Å². The van der Waals surface area contributed by atoms with E-state index in [4.69, 9.17) is 14.2 Å². The van der Waals surface area contributed by atoms with Gasteiger partial charge in [0.25, 0.3) is 5.69 Å². The van der Waals surface area contributed by atoms with Gasteiger partial charge in [0, 0.05) is 12.1 Å². The van der Waals surface area contributed by atoms with Crippen LogP contribution >= 0.6 is 0 Å². The summed E-state index contributed by atoms with van der Waals surface area (Å²) in [5.74, 6) is -1.16. The van der Waals surface area contributed by atoms with Crippen molar-refractivity contribution in [1.82, 2.24) is 0 Å². The Morgan fingerprint density at radius 3 is 2.36 bits per heavy atom. The first kappa shape index (κ1) is 20.0. The SMILES string of the molecule is O=C(O[C@H]1[C@H](Oc2ccc([N+](=O)[O-])cc2)O[C@H](CO)[C@@H](O)[C@@H]1O)C1C=CC=C1. The first-order valence-electron chi connectivity index (χ1n) is 8.49. The fraction of sp³-hybridized carbons (Fsp3) is 0.389. The van der Waals surface area contributed by atoms with Crippen molar-refractivity contribution < 1.29 is 39.2 Å². The standard InChI is InChI=1S/C18H19NO9/c20-9-13-14(21)15(22)16(28-17(23)10-3-1-2-4-10)18(27-13)26-12-7-5-11(6-8-12)19(24)25/h1-8,10,13-16,18,20-22H,9H2/t13-,14-,15+,16-,18-/m1/s1. The molecule has 150 valence electrons. The summed E-state index contributed by atoms with van der Waals surface area (Å²) in [6.45, 7) is -0.604. The average Bonchev–Trinajstić information content (AvgIpc) is 3.22. The molecule has 1 fully saturated rings. The van der Waals surface area contributed by atoms with Gasteiger partial charge in [-0.15, -0.1) is 0 Å². The van der Waals surface area contributed by atoms with E-state index in [1.54, 1.807) is 24.3 Å². The lowest BCUT2D eigenvalue weighted by atomic mass is 9.99. The van der Waals surface area contributed by atoms with Gasteiger partial charge in [0.2, 0.25) is 6.29 Å². The van der Waals surface area contributed by atoms with Crippen molar-refractivity contribution >= 4 is 11.7 Å². The van der Waals surface area contributed by atoms with Gasteiger partial charge in [-0.3, -0.25) is 14.9 Å². The number of carbonyl (C=O) groups excluding carboxylic acids is 1. The number of rotatable bonds is 6. The van der Waals surface area contributed by atoms with E-state index in [0.717, 1.165) is 0 Å². The second-order valence-electron chi connectivity index (χ2n) is 6.27. The Bertz CT molecular complexity index is 764. The third kappa shape index (κ3) is 4.20. The molecule has 10 heteroatoms. The number of benzene rings is 1. The molecule has 0 amide bonds. The number of nitro benzene ring substituents is 1. The van der Waals surface area contributed by atoms with Crippen molar-refractivity contribution in [3.8, 4) is 5.75 Å². The maximum atomic E-state index is 12.3. The van der Waals surface area contributed by atoms with Gasteiger partial charge in [0.1, 0.15) is 24.1 Å². The summed E-state index contributed by atoms with van der Waals surface area (Å²) < 4.78 is 16.3. The minimum absolute atomic E-state index is 0.150. The highest BCUT2D eigenvalue weighted by molar-refractivity contribution is 5.77. The summed E-state index contributed by atoms with van der Waals surface area (Å²) in [5.41, 5.74) is -0.150. The number of hydrogen-bond acceptors (Lipinski definition) is 9. The van der Waals surface area contributed by atoms with E-state index < -0.39 is 54.1 Å². The van der Waals surface area contributed by atoms with Crippen LogP contribution in [0.4, 0.5) is 5.69 Å². The molecule has 28 heavy (non-hydrogen) atoms. The molecule has 1 heterocycles. The predicted octanol–water partition coefficient (Wildman–Crippen LogP) is 0.0666. The second kappa shape index (κ2) is 8.48. The van der Waals surface area contributed by atoms with E-state index in [2.05, 4.69) is 0 Å². The largest absolute Gasteiger partial charge is 0.461 e. The molecule has 1 saturated heterocycles. The average molecular weight is 393 g/mol. The molecule has 2 aliphatic rings. The summed E-state index contributed by atoms with van der Waals surface area (Å²) >= 11 is 0. The maximum absolute atomic E-state index is 12.3. The van der Waals surface area contributed by atoms with Gasteiger partial charge >= 0.3 is 5.97 Å². The first-order chi connectivity index (χ1) is 13.4. The zero-order valence-electron chi connectivity index (χ0n) is 14.5. The van der Waals surface area contributed by atoms with Crippen molar-refractivity contribution in [3.63, 3.8) is 0 Å². The van der Waals surface area contributed by atoms with Crippen LogP contribution in [-0.4, -0.2) is 63.5 Å². The summed E-state index contributed by atoms with van der Waals surface area (Å²) in [6.07, 6.45) is -0.462. The molecule has 1 aliphatic carbocycles. The first-order valence-corrected chi connectivity index (χ1v) is 8.49. The van der Waals surface area contributed by atoms with Crippen LogP contribution in [0.5, 0.6) is 5.75 Å². The highest BCUT2D eigenvalue weighted by Gasteiger charge is 2.48. The molecule has 0 spiro atoms. The van der Waals surface area contributed by atoms with Gasteiger partial charge in [-0.1, -0.05) is 24.3 Å². The molecule has 0 aromatic heterocycles. The number of non-ortho nitro benzene ring substituents is 1. The van der Waals surface area contributed by atoms with Crippen LogP contribution in [0.1, 0.15) is 0 Å². The highest BCUT2D eigenvalue weighted by Crippen LogP contribution is 2.28. The minimum atomic E-state index is -1.58. The number of hydrogen-bond donors (Lipinski definition) is 3. The van der Waals surface area contributed by atoms with Crippen LogP contribution in [0.3, 0.4) is 0 Å². The van der Waals surface area contributed by atoms with Gasteiger partial charge < -0.3 is 29.5 Å². The van der Waals surface area contributed by atoms with Crippen molar-refractivity contribution in [3.05, 3.63) is 58.7 Å². The Morgan fingerprint density at radius 2 is 1.79 bits per heavy atom. The molecule has 3 N–H and O–H groups in total. The van der Waals surface area contributed by atoms with Crippen molar-refractivity contribution in [2.24, 2.45) is 5.92 Å². The minimum Gasteiger partial charge on any atom is -0.461 e. The van der Waals surface area contributed by atoms with Crippen molar-refractivity contribution in [2.45, 2.75) is 30.7 Å². The quantitative estimate of drug-likeness (QED) is 0.347. The number of aliphatic hydroxyl groups excluding tert-OH is 3. The Labute approximate surface area is 159 Å². The number of ether oxygens (including phenoxy) is 3. The molecule has 0 radical (unpaired) electrons. The lowest BCUT2D eigenvalue weighted by Crippen LogP contribution is -2.61. The maximum Gasteiger partial charge on any atom is 0.317 e. The number of esters is 1. The second-order valence-corrected chi connectivity index (χ2v) is 6.27. The molecule has 5 atom stereocenters. The topological polar surface area (TPSA) is 149 Å². The smallest absolute Gasteiger partial charge is 0.317 e. The van der Waals surface area contributed by atoms with E-state index >= 15 is 0 Å². The molecular formula is C18H19NO9. The van der Waals surface area contributed by atoms with Crippen molar-refractivity contribution in [1.29, 1.82) is 0 Å². The molecule has 0 saturated carbocycles. The van der Waals surface area contributed by atoms with E-state index in [1.807, 2.05) is 0 Å². The highest BCUT2D eigenvalue weighted by atomic mass is 16.7. The van der Waals surface area contributed by atoms with Gasteiger partial charge in [0.15, 0.2) is 6.10 Å². The van der Waals surface area contributed by atoms with E-state index in [9.17, 15) is 30.2 Å². The predicted molar refractivity (Wildman–Crippen MR) is 93.1 cm³/mol. The van der Waals surface area contributed by atoms with Crippen LogP contribution in [0.2, 0.25) is 0 Å². The molecular weight excluding hydrogens is 374 g/mol. The third-order valence-corrected chi connectivity index (χ3v) is 4.40. The van der Waals surface area contributed by atoms with Crippen molar-refractivity contribution in [2.75, 3.05) is 6.61 Å². The van der Waals surface area contributed by atoms with Crippen LogP contribution in [0.15, 0.2) is 48.6 Å². The van der Waals surface area contributed by atoms with E-state index in [1.165, 1.54) is 24.3 Å². The number of carbonyl (C=O) groups is 1. The molecule has 0 bridgehead atoms. The summed E-state index contributed by atoms with van der Waals surface area (Å²) in [4.78, 5) is 22.5. The summed E-state index contributed by atoms with van der Waals surface area (Å²) in [7, 11) is 0. The number of nitrogens with zero attached hydrogens (tertiary/aromatic N) is 1. The molecule has 1 aromatic rings. The number of nitro groups is 1. The van der Waals surface area contributed by atoms with Gasteiger partial charge in [-0.25, -0.2) is 0 Å². The Balaban J connectivity index is 1.78. The third-order valence-electron chi connectivity index (χ3n) is 4.40. The zero-order valence-corrected chi connectivity index (χ0v) is 14.5. The van der Waals surface area contributed by atoms with Gasteiger partial charge in [0.05, 0.1) is 17.4 Å². The van der Waals surface area contributed by atoms with Gasteiger partial charge in [-0.05, 0) is 12.1 Å². The fourth-order valence-electron chi connectivity index (χ4n) is 2.86.